The molecule has 158 valence electrons. The molecule has 0 spiro atoms. The number of aromatic amines is 1. The van der Waals surface area contributed by atoms with E-state index in [1.807, 2.05) is 0 Å². The maximum atomic E-state index is 14.7. The Kier molecular flexibility index (Phi) is 5.85. The molecule has 4 rings (SSSR count). The standard InChI is InChI=1S/C22H19F2N5O2/c23-15-7-5-14(6-8-15)19-11-20(28-27-19)21-17(3-1-4-18(21)24)22(31)26-16(13-30)12-29-10-2-9-25-29/h1-11,16,30H,12-13H2,(H,26,31)(H,27,28)/t16-/m1/s1. The van der Waals surface area contributed by atoms with Crippen LogP contribution in [0, 0.1) is 11.6 Å². The highest BCUT2D eigenvalue weighted by Crippen LogP contribution is 2.29. The lowest BCUT2D eigenvalue weighted by atomic mass is 10.0. The topological polar surface area (TPSA) is 95.8 Å². The Morgan fingerprint density at radius 1 is 1.16 bits per heavy atom. The molecule has 4 aromatic rings. The smallest absolute Gasteiger partial charge is 0.252 e. The van der Waals surface area contributed by atoms with Crippen molar-refractivity contribution >= 4 is 5.91 Å². The van der Waals surface area contributed by atoms with Crippen LogP contribution in [0.4, 0.5) is 8.78 Å². The zero-order valence-electron chi connectivity index (χ0n) is 16.3. The maximum absolute atomic E-state index is 14.7. The number of aliphatic hydroxyl groups excluding tert-OH is 1. The van der Waals surface area contributed by atoms with E-state index in [4.69, 9.17) is 0 Å². The van der Waals surface area contributed by atoms with Gasteiger partial charge in [-0.05, 0) is 48.5 Å². The molecule has 0 aliphatic heterocycles. The summed E-state index contributed by atoms with van der Waals surface area (Å²) in [4.78, 5) is 12.9. The first-order valence-electron chi connectivity index (χ1n) is 9.54. The van der Waals surface area contributed by atoms with Gasteiger partial charge in [0.2, 0.25) is 0 Å². The number of rotatable bonds is 7. The van der Waals surface area contributed by atoms with Crippen molar-refractivity contribution in [3.8, 4) is 22.5 Å². The highest BCUT2D eigenvalue weighted by Gasteiger charge is 2.21. The molecule has 0 unspecified atom stereocenters. The van der Waals surface area contributed by atoms with Gasteiger partial charge in [0.1, 0.15) is 11.6 Å². The molecule has 0 saturated carbocycles. The number of aromatic nitrogens is 4. The van der Waals surface area contributed by atoms with Crippen molar-refractivity contribution < 1.29 is 18.7 Å². The van der Waals surface area contributed by atoms with Gasteiger partial charge in [0.15, 0.2) is 0 Å². The summed E-state index contributed by atoms with van der Waals surface area (Å²) in [5, 5.41) is 23.3. The van der Waals surface area contributed by atoms with Gasteiger partial charge in [0.25, 0.3) is 5.91 Å². The molecule has 7 nitrogen and oxygen atoms in total. The fourth-order valence-electron chi connectivity index (χ4n) is 3.25. The molecule has 0 radical (unpaired) electrons. The Hall–Kier alpha value is -3.85. The molecule has 2 aromatic carbocycles. The van der Waals surface area contributed by atoms with Crippen LogP contribution in [0.5, 0.6) is 0 Å². The molecule has 3 N–H and O–H groups in total. The third kappa shape index (κ3) is 4.51. The molecule has 1 atom stereocenters. The van der Waals surface area contributed by atoms with Crippen LogP contribution in [0.2, 0.25) is 0 Å². The number of hydrogen-bond donors (Lipinski definition) is 3. The van der Waals surface area contributed by atoms with Crippen LogP contribution in [0.15, 0.2) is 67.0 Å². The lowest BCUT2D eigenvalue weighted by Crippen LogP contribution is -2.40. The summed E-state index contributed by atoms with van der Waals surface area (Å²) in [5.74, 6) is -1.52. The lowest BCUT2D eigenvalue weighted by molar-refractivity contribution is 0.0908. The van der Waals surface area contributed by atoms with Crippen LogP contribution in [0.25, 0.3) is 22.5 Å². The van der Waals surface area contributed by atoms with E-state index in [0.717, 1.165) is 0 Å². The van der Waals surface area contributed by atoms with Gasteiger partial charge in [-0.3, -0.25) is 14.6 Å². The number of carbonyl (C=O) groups excluding carboxylic acids is 1. The summed E-state index contributed by atoms with van der Waals surface area (Å²) < 4.78 is 29.5. The van der Waals surface area contributed by atoms with Crippen LogP contribution >= 0.6 is 0 Å². The number of nitrogens with one attached hydrogen (secondary N) is 2. The first-order chi connectivity index (χ1) is 15.0. The van der Waals surface area contributed by atoms with E-state index in [1.54, 1.807) is 41.3 Å². The van der Waals surface area contributed by atoms with Crippen molar-refractivity contribution in [2.45, 2.75) is 12.6 Å². The predicted molar refractivity (Wildman–Crippen MR) is 110 cm³/mol. The summed E-state index contributed by atoms with van der Waals surface area (Å²) >= 11 is 0. The molecule has 2 aromatic heterocycles. The number of benzene rings is 2. The molecular formula is C22H19F2N5O2. The van der Waals surface area contributed by atoms with Gasteiger partial charge in [-0.2, -0.15) is 10.2 Å². The van der Waals surface area contributed by atoms with Gasteiger partial charge >= 0.3 is 0 Å². The van der Waals surface area contributed by atoms with E-state index in [2.05, 4.69) is 20.6 Å². The third-order valence-corrected chi connectivity index (χ3v) is 4.77. The molecule has 2 heterocycles. The van der Waals surface area contributed by atoms with Gasteiger partial charge in [-0.1, -0.05) is 6.07 Å². The number of carbonyl (C=O) groups is 1. The fourth-order valence-corrected chi connectivity index (χ4v) is 3.25. The van der Waals surface area contributed by atoms with Crippen molar-refractivity contribution in [2.24, 2.45) is 0 Å². The second kappa shape index (κ2) is 8.88. The summed E-state index contributed by atoms with van der Waals surface area (Å²) in [6.45, 7) is -0.0479. The number of aliphatic hydroxyl groups is 1. The normalized spacial score (nSPS) is 12.0. The van der Waals surface area contributed by atoms with E-state index in [9.17, 15) is 18.7 Å². The van der Waals surface area contributed by atoms with Crippen molar-refractivity contribution in [3.05, 3.63) is 84.2 Å². The highest BCUT2D eigenvalue weighted by atomic mass is 19.1. The molecule has 1 amide bonds. The third-order valence-electron chi connectivity index (χ3n) is 4.77. The number of halogens is 2. The molecule has 0 bridgehead atoms. The number of nitrogens with zero attached hydrogens (tertiary/aromatic N) is 3. The maximum Gasteiger partial charge on any atom is 0.252 e. The first kappa shape index (κ1) is 20.4. The number of hydrogen-bond acceptors (Lipinski definition) is 4. The van der Waals surface area contributed by atoms with Crippen LogP contribution < -0.4 is 5.32 Å². The van der Waals surface area contributed by atoms with Gasteiger partial charge in [0, 0.05) is 23.5 Å². The van der Waals surface area contributed by atoms with Crippen LogP contribution in [0.3, 0.4) is 0 Å². The summed E-state index contributed by atoms with van der Waals surface area (Å²) in [6.07, 6.45) is 3.31. The fraction of sp³-hybridized carbons (Fsp3) is 0.136. The van der Waals surface area contributed by atoms with Crippen LogP contribution in [-0.4, -0.2) is 43.6 Å². The molecule has 31 heavy (non-hydrogen) atoms. The summed E-state index contributed by atoms with van der Waals surface area (Å²) in [6, 6.07) is 12.6. The second-order valence-electron chi connectivity index (χ2n) is 6.92. The number of amides is 1. The van der Waals surface area contributed by atoms with E-state index < -0.39 is 17.8 Å². The minimum atomic E-state index is -0.611. The Balaban J connectivity index is 1.61. The van der Waals surface area contributed by atoms with E-state index in [-0.39, 0.29) is 30.1 Å². The minimum absolute atomic E-state index is 0.0524. The number of H-pyrrole nitrogens is 1. The lowest BCUT2D eigenvalue weighted by Gasteiger charge is -2.17. The molecule has 0 aliphatic rings. The van der Waals surface area contributed by atoms with Crippen molar-refractivity contribution in [2.75, 3.05) is 6.61 Å². The summed E-state index contributed by atoms with van der Waals surface area (Å²) in [5.41, 5.74) is 1.57. The Morgan fingerprint density at radius 2 is 1.97 bits per heavy atom. The summed E-state index contributed by atoms with van der Waals surface area (Å²) in [7, 11) is 0. The Morgan fingerprint density at radius 3 is 2.68 bits per heavy atom. The van der Waals surface area contributed by atoms with Crippen molar-refractivity contribution in [1.29, 1.82) is 0 Å². The average Bonchev–Trinajstić information content (AvgIpc) is 3.46. The first-order valence-corrected chi connectivity index (χ1v) is 9.54. The van der Waals surface area contributed by atoms with Gasteiger partial charge in [-0.25, -0.2) is 8.78 Å². The Labute approximate surface area is 176 Å². The van der Waals surface area contributed by atoms with Crippen LogP contribution in [-0.2, 0) is 6.54 Å². The van der Waals surface area contributed by atoms with Gasteiger partial charge in [0.05, 0.1) is 36.1 Å². The zero-order chi connectivity index (χ0) is 21.8. The van der Waals surface area contributed by atoms with Gasteiger partial charge in [-0.15, -0.1) is 0 Å². The molecule has 0 saturated heterocycles. The van der Waals surface area contributed by atoms with E-state index in [1.165, 1.54) is 30.3 Å². The molecule has 0 aliphatic carbocycles. The Bertz CT molecular complexity index is 1170. The van der Waals surface area contributed by atoms with Crippen molar-refractivity contribution in [1.82, 2.24) is 25.3 Å². The average molecular weight is 423 g/mol. The molecular weight excluding hydrogens is 404 g/mol. The van der Waals surface area contributed by atoms with E-state index >= 15 is 0 Å². The van der Waals surface area contributed by atoms with E-state index in [0.29, 0.717) is 17.0 Å². The molecule has 0 fully saturated rings. The minimum Gasteiger partial charge on any atom is -0.394 e. The monoisotopic (exact) mass is 423 g/mol. The SMILES string of the molecule is O=C(N[C@@H](CO)Cn1cccn1)c1cccc(F)c1-c1cc(-c2ccc(F)cc2)n[nH]1. The predicted octanol–water partition coefficient (Wildman–Crippen LogP) is 3.01. The largest absolute Gasteiger partial charge is 0.394 e. The quantitative estimate of drug-likeness (QED) is 0.426. The highest BCUT2D eigenvalue weighted by molar-refractivity contribution is 6.01. The van der Waals surface area contributed by atoms with Crippen LogP contribution in [0.1, 0.15) is 10.4 Å². The van der Waals surface area contributed by atoms with Gasteiger partial charge < -0.3 is 10.4 Å². The van der Waals surface area contributed by atoms with Crippen molar-refractivity contribution in [3.63, 3.8) is 0 Å². The zero-order valence-corrected chi connectivity index (χ0v) is 16.3. The molecule has 9 heteroatoms. The second-order valence-corrected chi connectivity index (χ2v) is 6.92.